The Hall–Kier alpha value is -1.32. The van der Waals surface area contributed by atoms with Crippen LogP contribution < -0.4 is 10.5 Å². The zero-order valence-electron chi connectivity index (χ0n) is 10.1. The lowest BCUT2D eigenvalue weighted by atomic mass is 10.2. The average Bonchev–Trinajstić information content (AvgIpc) is 2.27. The van der Waals surface area contributed by atoms with E-state index in [0.717, 1.165) is 18.2 Å². The van der Waals surface area contributed by atoms with Crippen LogP contribution in [-0.4, -0.2) is 37.1 Å². The number of halogens is 1. The van der Waals surface area contributed by atoms with Gasteiger partial charge in [0, 0.05) is 34.9 Å². The molecule has 0 saturated heterocycles. The minimum absolute atomic E-state index is 0.0349. The van der Waals surface area contributed by atoms with Crippen molar-refractivity contribution in [2.45, 2.75) is 4.90 Å². The predicted octanol–water partition coefficient (Wildman–Crippen LogP) is -0.419. The van der Waals surface area contributed by atoms with Crippen LogP contribution >= 0.6 is 0 Å². The molecule has 1 amide bonds. The first-order valence-electron chi connectivity index (χ1n) is 5.12. The topological polar surface area (TPSA) is 106 Å². The molecular formula is C10H13FN2O4S2. The second-order valence-electron chi connectivity index (χ2n) is 3.72. The molecule has 1 unspecified atom stereocenters. The maximum atomic E-state index is 13.3. The Bertz CT molecular complexity index is 616. The highest BCUT2D eigenvalue weighted by atomic mass is 32.2. The standard InChI is InChI=1S/C10H13FN2O4S2/c1-18(15)5-4-13-10(14)7-2-3-8(11)9(6-7)19(12,16)17/h2-3,6H,4-5H2,1H3,(H,13,14)(H2,12,16,17). The lowest BCUT2D eigenvalue weighted by Gasteiger charge is -2.06. The average molecular weight is 308 g/mol. The van der Waals surface area contributed by atoms with Gasteiger partial charge in [0.05, 0.1) is 0 Å². The second kappa shape index (κ2) is 6.22. The molecule has 19 heavy (non-hydrogen) atoms. The Morgan fingerprint density at radius 3 is 2.63 bits per heavy atom. The van der Waals surface area contributed by atoms with E-state index >= 15 is 0 Å². The maximum absolute atomic E-state index is 13.3. The predicted molar refractivity (Wildman–Crippen MR) is 69.0 cm³/mol. The number of rotatable bonds is 5. The van der Waals surface area contributed by atoms with Crippen molar-refractivity contribution in [2.75, 3.05) is 18.6 Å². The van der Waals surface area contributed by atoms with E-state index in [1.807, 2.05) is 0 Å². The quantitative estimate of drug-likeness (QED) is 0.770. The largest absolute Gasteiger partial charge is 0.351 e. The summed E-state index contributed by atoms with van der Waals surface area (Å²) < 4.78 is 46.3. The Kier molecular flexibility index (Phi) is 5.15. The van der Waals surface area contributed by atoms with Gasteiger partial charge in [-0.05, 0) is 18.2 Å². The molecule has 0 heterocycles. The molecule has 0 radical (unpaired) electrons. The monoisotopic (exact) mass is 308 g/mol. The number of amides is 1. The molecule has 3 N–H and O–H groups in total. The van der Waals surface area contributed by atoms with Crippen LogP contribution in [0, 0.1) is 5.82 Å². The van der Waals surface area contributed by atoms with Crippen molar-refractivity contribution in [1.29, 1.82) is 0 Å². The van der Waals surface area contributed by atoms with Gasteiger partial charge in [-0.3, -0.25) is 9.00 Å². The summed E-state index contributed by atoms with van der Waals surface area (Å²) in [6, 6.07) is 2.86. The van der Waals surface area contributed by atoms with Crippen LogP contribution in [0.3, 0.4) is 0 Å². The van der Waals surface area contributed by atoms with Crippen LogP contribution in [0.15, 0.2) is 23.1 Å². The third kappa shape index (κ3) is 4.69. The summed E-state index contributed by atoms with van der Waals surface area (Å²) in [5.74, 6) is -1.33. The minimum atomic E-state index is -4.23. The molecule has 106 valence electrons. The van der Waals surface area contributed by atoms with Gasteiger partial charge in [0.2, 0.25) is 10.0 Å². The van der Waals surface area contributed by atoms with Crippen molar-refractivity contribution in [3.63, 3.8) is 0 Å². The van der Waals surface area contributed by atoms with E-state index in [0.29, 0.717) is 0 Å². The molecule has 0 saturated carbocycles. The molecule has 0 aliphatic heterocycles. The molecule has 0 spiro atoms. The first kappa shape index (κ1) is 15.7. The SMILES string of the molecule is CS(=O)CCNC(=O)c1ccc(F)c(S(N)(=O)=O)c1. The van der Waals surface area contributed by atoms with E-state index in [9.17, 15) is 21.8 Å². The molecular weight excluding hydrogens is 295 g/mol. The molecule has 9 heteroatoms. The lowest BCUT2D eigenvalue weighted by Crippen LogP contribution is -2.28. The number of primary sulfonamides is 1. The summed E-state index contributed by atoms with van der Waals surface area (Å²) in [5.41, 5.74) is -0.0349. The van der Waals surface area contributed by atoms with Crippen LogP contribution in [0.2, 0.25) is 0 Å². The Labute approximate surface area is 112 Å². The molecule has 0 aliphatic rings. The Morgan fingerprint density at radius 1 is 1.47 bits per heavy atom. The number of sulfonamides is 1. The van der Waals surface area contributed by atoms with Gasteiger partial charge in [-0.25, -0.2) is 17.9 Å². The van der Waals surface area contributed by atoms with E-state index in [1.165, 1.54) is 6.26 Å². The second-order valence-corrected chi connectivity index (χ2v) is 6.81. The van der Waals surface area contributed by atoms with Gasteiger partial charge >= 0.3 is 0 Å². The smallest absolute Gasteiger partial charge is 0.251 e. The van der Waals surface area contributed by atoms with Crippen molar-refractivity contribution in [1.82, 2.24) is 5.32 Å². The number of hydrogen-bond donors (Lipinski definition) is 2. The van der Waals surface area contributed by atoms with Crippen LogP contribution in [0.5, 0.6) is 0 Å². The molecule has 0 aromatic heterocycles. The molecule has 1 aromatic rings. The lowest BCUT2D eigenvalue weighted by molar-refractivity contribution is 0.0956. The van der Waals surface area contributed by atoms with Crippen molar-refractivity contribution in [3.05, 3.63) is 29.6 Å². The van der Waals surface area contributed by atoms with Gasteiger partial charge in [-0.15, -0.1) is 0 Å². The molecule has 6 nitrogen and oxygen atoms in total. The fraction of sp³-hybridized carbons (Fsp3) is 0.300. The van der Waals surface area contributed by atoms with E-state index in [-0.39, 0.29) is 17.9 Å². The van der Waals surface area contributed by atoms with Crippen molar-refractivity contribution in [3.8, 4) is 0 Å². The molecule has 1 rings (SSSR count). The van der Waals surface area contributed by atoms with Crippen molar-refractivity contribution < 1.29 is 21.8 Å². The molecule has 0 aliphatic carbocycles. The zero-order chi connectivity index (χ0) is 14.6. The summed E-state index contributed by atoms with van der Waals surface area (Å²) in [7, 11) is -5.28. The molecule has 1 aromatic carbocycles. The van der Waals surface area contributed by atoms with Crippen LogP contribution in [0.25, 0.3) is 0 Å². The highest BCUT2D eigenvalue weighted by Gasteiger charge is 2.17. The van der Waals surface area contributed by atoms with E-state index < -0.39 is 37.4 Å². The zero-order valence-corrected chi connectivity index (χ0v) is 11.7. The van der Waals surface area contributed by atoms with Gasteiger partial charge in [0.15, 0.2) is 0 Å². The van der Waals surface area contributed by atoms with Crippen molar-refractivity contribution >= 4 is 26.7 Å². The number of nitrogens with two attached hydrogens (primary N) is 1. The van der Waals surface area contributed by atoms with E-state index in [1.54, 1.807) is 0 Å². The molecule has 0 bridgehead atoms. The van der Waals surface area contributed by atoms with E-state index in [2.05, 4.69) is 5.32 Å². The number of carbonyl (C=O) groups is 1. The Morgan fingerprint density at radius 2 is 2.11 bits per heavy atom. The number of carbonyl (C=O) groups excluding carboxylic acids is 1. The first-order valence-corrected chi connectivity index (χ1v) is 8.39. The van der Waals surface area contributed by atoms with Gasteiger partial charge in [-0.2, -0.15) is 0 Å². The van der Waals surface area contributed by atoms with Crippen LogP contribution in [0.1, 0.15) is 10.4 Å². The van der Waals surface area contributed by atoms with Gasteiger partial charge in [0.1, 0.15) is 10.7 Å². The third-order valence-corrected chi connectivity index (χ3v) is 3.88. The molecule has 1 atom stereocenters. The van der Waals surface area contributed by atoms with Gasteiger partial charge < -0.3 is 5.32 Å². The van der Waals surface area contributed by atoms with Crippen LogP contribution in [0.4, 0.5) is 4.39 Å². The summed E-state index contributed by atoms with van der Waals surface area (Å²) >= 11 is 0. The fourth-order valence-electron chi connectivity index (χ4n) is 1.27. The van der Waals surface area contributed by atoms with Gasteiger partial charge in [-0.1, -0.05) is 0 Å². The molecule has 0 fully saturated rings. The first-order chi connectivity index (χ1) is 8.71. The number of benzene rings is 1. The fourth-order valence-corrected chi connectivity index (χ4v) is 2.29. The highest BCUT2D eigenvalue weighted by molar-refractivity contribution is 7.89. The minimum Gasteiger partial charge on any atom is -0.351 e. The van der Waals surface area contributed by atoms with E-state index in [4.69, 9.17) is 5.14 Å². The summed E-state index contributed by atoms with van der Waals surface area (Å²) in [4.78, 5) is 10.9. The number of hydrogen-bond acceptors (Lipinski definition) is 4. The van der Waals surface area contributed by atoms with Crippen LogP contribution in [-0.2, 0) is 20.8 Å². The maximum Gasteiger partial charge on any atom is 0.251 e. The van der Waals surface area contributed by atoms with Gasteiger partial charge in [0.25, 0.3) is 5.91 Å². The summed E-state index contributed by atoms with van der Waals surface area (Å²) in [5, 5.41) is 7.27. The normalized spacial score (nSPS) is 13.0. The highest BCUT2D eigenvalue weighted by Crippen LogP contribution is 2.14. The number of nitrogens with one attached hydrogen (secondary N) is 1. The Balaban J connectivity index is 2.91. The summed E-state index contributed by atoms with van der Waals surface area (Å²) in [6.45, 7) is 0.171. The third-order valence-electron chi connectivity index (χ3n) is 2.17. The summed E-state index contributed by atoms with van der Waals surface area (Å²) in [6.07, 6.45) is 1.49. The van der Waals surface area contributed by atoms with Crippen molar-refractivity contribution in [2.24, 2.45) is 5.14 Å².